The van der Waals surface area contributed by atoms with Crippen LogP contribution in [0.15, 0.2) is 24.3 Å². The first kappa shape index (κ1) is 22.5. The lowest BCUT2D eigenvalue weighted by Gasteiger charge is -2.25. The van der Waals surface area contributed by atoms with Crippen molar-refractivity contribution in [2.24, 2.45) is 11.3 Å². The van der Waals surface area contributed by atoms with Gasteiger partial charge in [-0.1, -0.05) is 58.4 Å². The summed E-state index contributed by atoms with van der Waals surface area (Å²) in [5.74, 6) is -0.358. The molecule has 0 saturated heterocycles. The van der Waals surface area contributed by atoms with Gasteiger partial charge in [0.25, 0.3) is 0 Å². The first-order valence-corrected chi connectivity index (χ1v) is 9.37. The van der Waals surface area contributed by atoms with Gasteiger partial charge in [0.05, 0.1) is 6.61 Å². The number of hydrogen-bond donors (Lipinski definition) is 3. The minimum Gasteiger partial charge on any atom is -0.396 e. The summed E-state index contributed by atoms with van der Waals surface area (Å²) < 4.78 is 0. The normalized spacial score (nSPS) is 14.0. The zero-order chi connectivity index (χ0) is 19.9. The second kappa shape index (κ2) is 9.93. The molecular formula is C20H31ClN2O3. The van der Waals surface area contributed by atoms with E-state index in [1.54, 1.807) is 12.1 Å². The number of amides is 2. The van der Waals surface area contributed by atoms with Crippen molar-refractivity contribution < 1.29 is 14.7 Å². The number of carbonyl (C=O) groups excluding carboxylic acids is 2. The molecule has 1 unspecified atom stereocenters. The molecule has 0 radical (unpaired) electrons. The van der Waals surface area contributed by atoms with Gasteiger partial charge >= 0.3 is 0 Å². The van der Waals surface area contributed by atoms with E-state index in [-0.39, 0.29) is 36.8 Å². The molecule has 6 heteroatoms. The highest BCUT2D eigenvalue weighted by molar-refractivity contribution is 6.30. The van der Waals surface area contributed by atoms with Gasteiger partial charge in [-0.05, 0) is 30.0 Å². The Morgan fingerprint density at radius 3 is 2.19 bits per heavy atom. The van der Waals surface area contributed by atoms with Crippen molar-refractivity contribution in [3.63, 3.8) is 0 Å². The van der Waals surface area contributed by atoms with Crippen molar-refractivity contribution in [2.45, 2.75) is 53.0 Å². The second-order valence-corrected chi connectivity index (χ2v) is 8.52. The van der Waals surface area contributed by atoms with Gasteiger partial charge in [-0.25, -0.2) is 0 Å². The maximum Gasteiger partial charge on any atom is 0.242 e. The largest absolute Gasteiger partial charge is 0.396 e. The monoisotopic (exact) mass is 382 g/mol. The molecule has 0 aliphatic heterocycles. The lowest BCUT2D eigenvalue weighted by molar-refractivity contribution is -0.133. The van der Waals surface area contributed by atoms with E-state index >= 15 is 0 Å². The summed E-state index contributed by atoms with van der Waals surface area (Å²) in [6, 6.07) is 6.59. The van der Waals surface area contributed by atoms with Gasteiger partial charge in [0.15, 0.2) is 0 Å². The van der Waals surface area contributed by atoms with E-state index in [1.807, 2.05) is 46.8 Å². The third-order valence-corrected chi connectivity index (χ3v) is 4.35. The number of aliphatic hydroxyl groups is 1. The predicted octanol–water partition coefficient (Wildman–Crippen LogP) is 3.11. The van der Waals surface area contributed by atoms with E-state index in [1.165, 1.54) is 0 Å². The van der Waals surface area contributed by atoms with Gasteiger partial charge < -0.3 is 15.7 Å². The van der Waals surface area contributed by atoms with E-state index in [9.17, 15) is 14.7 Å². The zero-order valence-electron chi connectivity index (χ0n) is 16.3. The van der Waals surface area contributed by atoms with Crippen molar-refractivity contribution in [1.82, 2.24) is 10.6 Å². The van der Waals surface area contributed by atoms with Crippen molar-refractivity contribution in [1.29, 1.82) is 0 Å². The Balaban J connectivity index is 2.75. The van der Waals surface area contributed by atoms with Crippen LogP contribution in [0.2, 0.25) is 5.02 Å². The van der Waals surface area contributed by atoms with Crippen LogP contribution in [-0.2, 0) is 9.59 Å². The Kier molecular flexibility index (Phi) is 8.57. The molecule has 0 bridgehead atoms. The Morgan fingerprint density at radius 2 is 1.73 bits per heavy atom. The van der Waals surface area contributed by atoms with Gasteiger partial charge in [-0.3, -0.25) is 9.59 Å². The number of nitrogens with one attached hydrogen (secondary N) is 2. The molecule has 26 heavy (non-hydrogen) atoms. The molecule has 0 heterocycles. The maximum atomic E-state index is 12.6. The number of hydrogen-bond acceptors (Lipinski definition) is 3. The molecule has 0 aliphatic carbocycles. The van der Waals surface area contributed by atoms with Crippen LogP contribution in [0.1, 0.15) is 52.5 Å². The van der Waals surface area contributed by atoms with Gasteiger partial charge in [0, 0.05) is 22.9 Å². The fourth-order valence-corrected chi connectivity index (χ4v) is 2.57. The topological polar surface area (TPSA) is 78.4 Å². The highest BCUT2D eigenvalue weighted by Crippen LogP contribution is 2.18. The summed E-state index contributed by atoms with van der Waals surface area (Å²) in [5, 5.41) is 16.0. The molecular weight excluding hydrogens is 352 g/mol. The Hall–Kier alpha value is -1.59. The smallest absolute Gasteiger partial charge is 0.242 e. The molecule has 146 valence electrons. The van der Waals surface area contributed by atoms with Gasteiger partial charge in [-0.15, -0.1) is 0 Å². The van der Waals surface area contributed by atoms with E-state index in [2.05, 4.69) is 10.6 Å². The summed E-state index contributed by atoms with van der Waals surface area (Å²) in [5.41, 5.74) is 0.336. The van der Waals surface area contributed by atoms with Crippen LogP contribution in [0.5, 0.6) is 0 Å². The van der Waals surface area contributed by atoms with Crippen molar-refractivity contribution in [2.75, 3.05) is 13.2 Å². The third kappa shape index (κ3) is 7.34. The second-order valence-electron chi connectivity index (χ2n) is 8.08. The number of carbonyl (C=O) groups is 2. The standard InChI is InChI=1S/C20H31ClN2O3/c1-13(2)10-17(23-19(26)20(3,4)5)18(25)22-11-15(12-24)14-6-8-16(21)9-7-14/h6-9,13,15,17,24H,10-12H2,1-5H3,(H,22,25)(H,23,26)/t15?,17-/m0/s1. The van der Waals surface area contributed by atoms with Crippen LogP contribution in [0.3, 0.4) is 0 Å². The third-order valence-electron chi connectivity index (χ3n) is 4.09. The summed E-state index contributed by atoms with van der Waals surface area (Å²) in [7, 11) is 0. The molecule has 2 atom stereocenters. The summed E-state index contributed by atoms with van der Waals surface area (Å²) >= 11 is 5.89. The number of aliphatic hydroxyl groups excluding tert-OH is 1. The van der Waals surface area contributed by atoms with Crippen molar-refractivity contribution in [3.8, 4) is 0 Å². The lowest BCUT2D eigenvalue weighted by atomic mass is 9.94. The summed E-state index contributed by atoms with van der Waals surface area (Å²) in [6.45, 7) is 9.66. The highest BCUT2D eigenvalue weighted by Gasteiger charge is 2.28. The average molecular weight is 383 g/mol. The van der Waals surface area contributed by atoms with Gasteiger partial charge in [0.1, 0.15) is 6.04 Å². The Morgan fingerprint density at radius 1 is 1.15 bits per heavy atom. The summed E-state index contributed by atoms with van der Waals surface area (Å²) in [6.07, 6.45) is 0.554. The van der Waals surface area contributed by atoms with Crippen molar-refractivity contribution >= 4 is 23.4 Å². The number of benzene rings is 1. The van der Waals surface area contributed by atoms with Crippen LogP contribution in [0, 0.1) is 11.3 Å². The van der Waals surface area contributed by atoms with Crippen LogP contribution >= 0.6 is 11.6 Å². The molecule has 0 fully saturated rings. The Bertz CT molecular complexity index is 594. The SMILES string of the molecule is CC(C)C[C@H](NC(=O)C(C)(C)C)C(=O)NCC(CO)c1ccc(Cl)cc1. The molecule has 0 aromatic heterocycles. The van der Waals surface area contributed by atoms with Crippen LogP contribution in [0.25, 0.3) is 0 Å². The first-order valence-electron chi connectivity index (χ1n) is 8.99. The van der Waals surface area contributed by atoms with E-state index < -0.39 is 11.5 Å². The fraction of sp³-hybridized carbons (Fsp3) is 0.600. The molecule has 1 aromatic carbocycles. The zero-order valence-corrected chi connectivity index (χ0v) is 17.1. The van der Waals surface area contributed by atoms with Crippen LogP contribution < -0.4 is 10.6 Å². The molecule has 0 saturated carbocycles. The average Bonchev–Trinajstić information content (AvgIpc) is 2.54. The molecule has 0 spiro atoms. The number of rotatable bonds is 8. The highest BCUT2D eigenvalue weighted by atomic mass is 35.5. The molecule has 1 aromatic rings. The molecule has 5 nitrogen and oxygen atoms in total. The molecule has 0 aliphatic rings. The quantitative estimate of drug-likeness (QED) is 0.646. The van der Waals surface area contributed by atoms with Gasteiger partial charge in [0.2, 0.25) is 11.8 Å². The number of halogens is 1. The Labute approximate surface area is 161 Å². The first-order chi connectivity index (χ1) is 12.0. The molecule has 1 rings (SSSR count). The molecule has 3 N–H and O–H groups in total. The van der Waals surface area contributed by atoms with E-state index in [4.69, 9.17) is 11.6 Å². The predicted molar refractivity (Wildman–Crippen MR) is 105 cm³/mol. The van der Waals surface area contributed by atoms with Crippen molar-refractivity contribution in [3.05, 3.63) is 34.9 Å². The minimum atomic E-state index is -0.591. The van der Waals surface area contributed by atoms with E-state index in [0.717, 1.165) is 5.56 Å². The minimum absolute atomic E-state index is 0.0922. The maximum absolute atomic E-state index is 12.6. The van der Waals surface area contributed by atoms with Gasteiger partial charge in [-0.2, -0.15) is 0 Å². The molecule has 2 amide bonds. The van der Waals surface area contributed by atoms with Crippen LogP contribution in [0.4, 0.5) is 0 Å². The lowest BCUT2D eigenvalue weighted by Crippen LogP contribution is -2.51. The summed E-state index contributed by atoms with van der Waals surface area (Å²) in [4.78, 5) is 24.9. The van der Waals surface area contributed by atoms with Crippen LogP contribution in [-0.4, -0.2) is 36.1 Å². The fourth-order valence-electron chi connectivity index (χ4n) is 2.45. The van der Waals surface area contributed by atoms with E-state index in [0.29, 0.717) is 11.4 Å².